The van der Waals surface area contributed by atoms with Crippen molar-refractivity contribution in [1.82, 2.24) is 19.6 Å². The predicted molar refractivity (Wildman–Crippen MR) is 103 cm³/mol. The minimum absolute atomic E-state index is 0.0806. The second kappa shape index (κ2) is 6.51. The third kappa shape index (κ3) is 3.02. The maximum Gasteiger partial charge on any atom is 0.356 e. The minimum Gasteiger partial charge on any atom is -0.476 e. The summed E-state index contributed by atoms with van der Waals surface area (Å²) >= 11 is 6.18. The molecule has 27 heavy (non-hydrogen) atoms. The molecule has 1 saturated heterocycles. The van der Waals surface area contributed by atoms with Crippen LogP contribution in [0.2, 0.25) is 5.02 Å². The normalized spacial score (nSPS) is 20.3. The highest BCUT2D eigenvalue weighted by molar-refractivity contribution is 6.31. The molecule has 0 bridgehead atoms. The lowest BCUT2D eigenvalue weighted by Gasteiger charge is -2.36. The van der Waals surface area contributed by atoms with E-state index in [0.29, 0.717) is 40.1 Å². The quantitative estimate of drug-likeness (QED) is 0.707. The Hall–Kier alpha value is -2.64. The lowest BCUT2D eigenvalue weighted by Crippen LogP contribution is -2.55. The van der Waals surface area contributed by atoms with E-state index < -0.39 is 5.97 Å². The van der Waals surface area contributed by atoms with E-state index >= 15 is 0 Å². The van der Waals surface area contributed by atoms with Crippen molar-refractivity contribution < 1.29 is 14.7 Å². The van der Waals surface area contributed by atoms with E-state index in [1.807, 2.05) is 13.8 Å². The summed E-state index contributed by atoms with van der Waals surface area (Å²) < 4.78 is 1.68. The van der Waals surface area contributed by atoms with Crippen LogP contribution < -0.4 is 5.32 Å². The van der Waals surface area contributed by atoms with Gasteiger partial charge in [0, 0.05) is 35.6 Å². The molecule has 1 fully saturated rings. The zero-order chi connectivity index (χ0) is 19.3. The summed E-state index contributed by atoms with van der Waals surface area (Å²) in [6.45, 7) is 5.24. The first-order chi connectivity index (χ1) is 12.8. The number of carbonyl (C=O) groups excluding carboxylic acids is 1. The standard InChI is InChI=1S/C19H19ClN4O3/c1-10-7-23(8-11(2)22-10)18(25)14-6-16-17(19(26)27)21-9-24(16)15-4-3-12(20)5-13(14)15/h3-6,9-11,22H,7-8H2,1-2H3,(H,26,27)/t10-,11+. The molecule has 3 aromatic rings. The Bertz CT molecular complexity index is 1070. The summed E-state index contributed by atoms with van der Waals surface area (Å²) in [5, 5.41) is 14.0. The molecule has 2 atom stereocenters. The highest BCUT2D eigenvalue weighted by atomic mass is 35.5. The van der Waals surface area contributed by atoms with Crippen LogP contribution in [0.5, 0.6) is 0 Å². The Morgan fingerprint density at radius 1 is 1.19 bits per heavy atom. The van der Waals surface area contributed by atoms with Crippen LogP contribution in [0, 0.1) is 0 Å². The molecule has 1 aliphatic rings. The number of carboxylic acid groups (broad SMARTS) is 1. The number of carbonyl (C=O) groups is 2. The molecule has 1 aromatic carbocycles. The third-order valence-electron chi connectivity index (χ3n) is 4.87. The van der Waals surface area contributed by atoms with E-state index in [2.05, 4.69) is 10.3 Å². The number of hydrogen-bond donors (Lipinski definition) is 2. The van der Waals surface area contributed by atoms with Gasteiger partial charge < -0.3 is 15.3 Å². The van der Waals surface area contributed by atoms with Crippen molar-refractivity contribution in [2.45, 2.75) is 25.9 Å². The maximum atomic E-state index is 13.3. The van der Waals surface area contributed by atoms with Gasteiger partial charge in [-0.25, -0.2) is 9.78 Å². The van der Waals surface area contributed by atoms with Crippen LogP contribution in [0.25, 0.3) is 16.4 Å². The van der Waals surface area contributed by atoms with Crippen molar-refractivity contribution in [1.29, 1.82) is 0 Å². The van der Waals surface area contributed by atoms with Crippen molar-refractivity contribution in [3.05, 3.63) is 46.9 Å². The van der Waals surface area contributed by atoms with Gasteiger partial charge in [0.25, 0.3) is 5.91 Å². The summed E-state index contributed by atoms with van der Waals surface area (Å²) in [6.07, 6.45) is 1.46. The number of nitrogens with one attached hydrogen (secondary N) is 1. The van der Waals surface area contributed by atoms with E-state index in [9.17, 15) is 14.7 Å². The highest BCUT2D eigenvalue weighted by Crippen LogP contribution is 2.28. The molecule has 0 unspecified atom stereocenters. The van der Waals surface area contributed by atoms with Gasteiger partial charge in [-0.05, 0) is 38.1 Å². The SMILES string of the molecule is C[C@@H]1CN(C(=O)c2cc3c(C(=O)O)ncn3c3ccc(Cl)cc23)C[C@H](C)N1. The molecule has 0 saturated carbocycles. The molecular weight excluding hydrogens is 368 g/mol. The molecule has 140 valence electrons. The average Bonchev–Trinajstić information content (AvgIpc) is 3.03. The van der Waals surface area contributed by atoms with E-state index in [1.165, 1.54) is 6.33 Å². The molecule has 1 amide bonds. The minimum atomic E-state index is -1.13. The Morgan fingerprint density at radius 3 is 2.56 bits per heavy atom. The fraction of sp³-hybridized carbons (Fsp3) is 0.316. The van der Waals surface area contributed by atoms with Crippen LogP contribution in [0.4, 0.5) is 0 Å². The number of halogens is 1. The van der Waals surface area contributed by atoms with Crippen molar-refractivity contribution in [3.63, 3.8) is 0 Å². The summed E-state index contributed by atoms with van der Waals surface area (Å²) in [5.41, 5.74) is 1.43. The van der Waals surface area contributed by atoms with Crippen LogP contribution in [0.1, 0.15) is 34.7 Å². The Labute approximate surface area is 160 Å². The van der Waals surface area contributed by atoms with Gasteiger partial charge in [0.15, 0.2) is 5.69 Å². The number of nitrogens with zero attached hydrogens (tertiary/aromatic N) is 3. The van der Waals surface area contributed by atoms with E-state index in [0.717, 1.165) is 0 Å². The number of amides is 1. The zero-order valence-electron chi connectivity index (χ0n) is 14.9. The molecule has 0 aliphatic carbocycles. The summed E-state index contributed by atoms with van der Waals surface area (Å²) in [7, 11) is 0. The number of carboxylic acids is 1. The van der Waals surface area contributed by atoms with Crippen molar-refractivity contribution >= 4 is 39.9 Å². The van der Waals surface area contributed by atoms with Crippen LogP contribution in [-0.4, -0.2) is 56.4 Å². The number of hydrogen-bond acceptors (Lipinski definition) is 4. The topological polar surface area (TPSA) is 86.9 Å². The number of aromatic nitrogens is 2. The fourth-order valence-corrected chi connectivity index (χ4v) is 4.01. The molecule has 8 heteroatoms. The molecule has 1 aliphatic heterocycles. The molecule has 0 spiro atoms. The molecule has 7 nitrogen and oxygen atoms in total. The number of imidazole rings is 1. The van der Waals surface area contributed by atoms with Gasteiger partial charge in [-0.15, -0.1) is 0 Å². The summed E-state index contributed by atoms with van der Waals surface area (Å²) in [4.78, 5) is 30.7. The first-order valence-electron chi connectivity index (χ1n) is 8.73. The number of pyridine rings is 1. The molecule has 4 rings (SSSR count). The van der Waals surface area contributed by atoms with Crippen LogP contribution in [-0.2, 0) is 0 Å². The largest absolute Gasteiger partial charge is 0.476 e. The molecule has 0 radical (unpaired) electrons. The second-order valence-corrected chi connectivity index (χ2v) is 7.49. The summed E-state index contributed by atoms with van der Waals surface area (Å²) in [6, 6.07) is 7.19. The number of rotatable bonds is 2. The van der Waals surface area contributed by atoms with Crippen LogP contribution in [0.3, 0.4) is 0 Å². The monoisotopic (exact) mass is 386 g/mol. The van der Waals surface area contributed by atoms with Gasteiger partial charge >= 0.3 is 5.97 Å². The van der Waals surface area contributed by atoms with E-state index in [1.54, 1.807) is 33.6 Å². The van der Waals surface area contributed by atoms with Gasteiger partial charge in [0.05, 0.1) is 16.6 Å². The van der Waals surface area contributed by atoms with Gasteiger partial charge in [-0.3, -0.25) is 9.20 Å². The summed E-state index contributed by atoms with van der Waals surface area (Å²) in [5.74, 6) is -1.27. The number of fused-ring (bicyclic) bond motifs is 3. The van der Waals surface area contributed by atoms with E-state index in [4.69, 9.17) is 11.6 Å². The van der Waals surface area contributed by atoms with Crippen LogP contribution >= 0.6 is 11.6 Å². The second-order valence-electron chi connectivity index (χ2n) is 7.05. The Morgan fingerprint density at radius 2 is 1.89 bits per heavy atom. The molecule has 3 heterocycles. The molecule has 2 aromatic heterocycles. The number of aromatic carboxylic acids is 1. The average molecular weight is 387 g/mol. The van der Waals surface area contributed by atoms with Crippen LogP contribution in [0.15, 0.2) is 30.6 Å². The van der Waals surface area contributed by atoms with E-state index in [-0.39, 0.29) is 23.7 Å². The number of piperazine rings is 1. The number of benzene rings is 1. The Kier molecular flexibility index (Phi) is 4.28. The zero-order valence-corrected chi connectivity index (χ0v) is 15.7. The van der Waals surface area contributed by atoms with Gasteiger partial charge in [0.1, 0.15) is 6.33 Å². The van der Waals surface area contributed by atoms with Gasteiger partial charge in [-0.1, -0.05) is 11.6 Å². The van der Waals surface area contributed by atoms with Gasteiger partial charge in [-0.2, -0.15) is 0 Å². The maximum absolute atomic E-state index is 13.3. The third-order valence-corrected chi connectivity index (χ3v) is 5.11. The molecule has 2 N–H and O–H groups in total. The lowest BCUT2D eigenvalue weighted by atomic mass is 10.0. The Balaban J connectivity index is 1.94. The predicted octanol–water partition coefficient (Wildman–Crippen LogP) is 2.66. The van der Waals surface area contributed by atoms with Gasteiger partial charge in [0.2, 0.25) is 0 Å². The van der Waals surface area contributed by atoms with Crippen molar-refractivity contribution in [2.24, 2.45) is 0 Å². The smallest absolute Gasteiger partial charge is 0.356 e. The highest BCUT2D eigenvalue weighted by Gasteiger charge is 2.28. The first kappa shape index (κ1) is 17.8. The lowest BCUT2D eigenvalue weighted by molar-refractivity contribution is 0.0671. The first-order valence-corrected chi connectivity index (χ1v) is 9.11. The molecular formula is C19H19ClN4O3. The van der Waals surface area contributed by atoms with Crippen molar-refractivity contribution in [3.8, 4) is 0 Å². The van der Waals surface area contributed by atoms with Crippen molar-refractivity contribution in [2.75, 3.05) is 13.1 Å². The fourth-order valence-electron chi connectivity index (χ4n) is 3.84.